The van der Waals surface area contributed by atoms with E-state index in [2.05, 4.69) is 26.8 Å². The average Bonchev–Trinajstić information content (AvgIpc) is 2.70. The number of nitrogens with zero attached hydrogens (tertiary/aromatic N) is 3. The predicted octanol–water partition coefficient (Wildman–Crippen LogP) is 1.76. The van der Waals surface area contributed by atoms with Crippen molar-refractivity contribution in [2.75, 3.05) is 17.7 Å². The third kappa shape index (κ3) is 2.44. The van der Waals surface area contributed by atoms with Gasteiger partial charge in [0.05, 0.1) is 0 Å². The minimum absolute atomic E-state index is 0.310. The Morgan fingerprint density at radius 2 is 2.33 bits per heavy atom. The van der Waals surface area contributed by atoms with E-state index in [0.29, 0.717) is 5.95 Å². The molecule has 2 N–H and O–H groups in total. The summed E-state index contributed by atoms with van der Waals surface area (Å²) in [4.78, 5) is 10.1. The normalized spacial score (nSPS) is 10.2. The highest BCUT2D eigenvalue weighted by atomic mass is 32.1. The Morgan fingerprint density at radius 3 is 3.00 bits per heavy atom. The van der Waals surface area contributed by atoms with E-state index in [1.165, 1.54) is 5.56 Å². The van der Waals surface area contributed by atoms with E-state index in [0.717, 1.165) is 12.4 Å². The second-order valence-corrected chi connectivity index (χ2v) is 4.04. The highest BCUT2D eigenvalue weighted by molar-refractivity contribution is 7.07. The first kappa shape index (κ1) is 9.92. The van der Waals surface area contributed by atoms with Crippen LogP contribution in [0, 0.1) is 0 Å². The Balaban J connectivity index is 2.11. The van der Waals surface area contributed by atoms with Crippen LogP contribution in [0.25, 0.3) is 0 Å². The Bertz CT molecular complexity index is 427. The number of nitrogens with two attached hydrogens (primary N) is 1. The van der Waals surface area contributed by atoms with Crippen molar-refractivity contribution in [2.45, 2.75) is 6.54 Å². The number of aromatic nitrogens is 2. The molecular weight excluding hydrogens is 208 g/mol. The number of thiophene rings is 1. The molecule has 0 saturated heterocycles. The van der Waals surface area contributed by atoms with E-state index in [-0.39, 0.29) is 0 Å². The Labute approximate surface area is 92.4 Å². The fraction of sp³-hybridized carbons (Fsp3) is 0.200. The van der Waals surface area contributed by atoms with Crippen molar-refractivity contribution in [1.82, 2.24) is 9.97 Å². The molecular formula is C10H12N4S. The van der Waals surface area contributed by atoms with Crippen LogP contribution >= 0.6 is 11.3 Å². The largest absolute Gasteiger partial charge is 0.368 e. The molecule has 0 fully saturated rings. The standard InChI is InChI=1S/C10H12N4S/c1-14(6-8-3-5-15-7-8)9-2-4-12-10(11)13-9/h2-5,7H,6H2,1H3,(H2,11,12,13). The molecule has 0 spiro atoms. The van der Waals surface area contributed by atoms with Crippen molar-refractivity contribution in [1.29, 1.82) is 0 Å². The molecule has 15 heavy (non-hydrogen) atoms. The van der Waals surface area contributed by atoms with E-state index in [1.807, 2.05) is 18.0 Å². The summed E-state index contributed by atoms with van der Waals surface area (Å²) in [5.41, 5.74) is 6.80. The first-order valence-electron chi connectivity index (χ1n) is 4.56. The molecule has 0 radical (unpaired) electrons. The van der Waals surface area contributed by atoms with Crippen LogP contribution in [0.15, 0.2) is 29.1 Å². The summed E-state index contributed by atoms with van der Waals surface area (Å²) in [7, 11) is 1.99. The smallest absolute Gasteiger partial charge is 0.221 e. The van der Waals surface area contributed by atoms with Crippen LogP contribution in [0.5, 0.6) is 0 Å². The van der Waals surface area contributed by atoms with Crippen molar-refractivity contribution in [3.05, 3.63) is 34.7 Å². The molecule has 4 nitrogen and oxygen atoms in total. The third-order valence-electron chi connectivity index (χ3n) is 2.05. The first-order valence-corrected chi connectivity index (χ1v) is 5.51. The van der Waals surface area contributed by atoms with Gasteiger partial charge in [0.25, 0.3) is 0 Å². The molecule has 2 aromatic heterocycles. The monoisotopic (exact) mass is 220 g/mol. The van der Waals surface area contributed by atoms with E-state index < -0.39 is 0 Å². The van der Waals surface area contributed by atoms with Gasteiger partial charge in [-0.3, -0.25) is 0 Å². The van der Waals surface area contributed by atoms with Gasteiger partial charge in [0, 0.05) is 19.8 Å². The average molecular weight is 220 g/mol. The van der Waals surface area contributed by atoms with Gasteiger partial charge in [0.2, 0.25) is 5.95 Å². The summed E-state index contributed by atoms with van der Waals surface area (Å²) in [5.74, 6) is 1.15. The number of nitrogen functional groups attached to an aromatic ring is 1. The van der Waals surface area contributed by atoms with Gasteiger partial charge in [-0.1, -0.05) is 0 Å². The zero-order chi connectivity index (χ0) is 10.7. The molecule has 0 aliphatic rings. The molecule has 0 aromatic carbocycles. The van der Waals surface area contributed by atoms with E-state index in [1.54, 1.807) is 17.5 Å². The Hall–Kier alpha value is -1.62. The maximum Gasteiger partial charge on any atom is 0.221 e. The lowest BCUT2D eigenvalue weighted by Gasteiger charge is -2.17. The highest BCUT2D eigenvalue weighted by Gasteiger charge is 2.04. The van der Waals surface area contributed by atoms with Crippen LogP contribution in [-0.2, 0) is 6.54 Å². The van der Waals surface area contributed by atoms with Gasteiger partial charge in [-0.15, -0.1) is 0 Å². The zero-order valence-corrected chi connectivity index (χ0v) is 9.24. The van der Waals surface area contributed by atoms with Crippen molar-refractivity contribution in [2.24, 2.45) is 0 Å². The maximum absolute atomic E-state index is 5.52. The summed E-state index contributed by atoms with van der Waals surface area (Å²) in [5, 5.41) is 4.19. The molecule has 0 aliphatic heterocycles. The molecule has 5 heteroatoms. The van der Waals surface area contributed by atoms with Crippen LogP contribution in [0.2, 0.25) is 0 Å². The molecule has 0 bridgehead atoms. The van der Waals surface area contributed by atoms with Crippen LogP contribution < -0.4 is 10.6 Å². The second-order valence-electron chi connectivity index (χ2n) is 3.26. The fourth-order valence-electron chi connectivity index (χ4n) is 1.31. The quantitative estimate of drug-likeness (QED) is 0.856. The molecule has 0 atom stereocenters. The summed E-state index contributed by atoms with van der Waals surface area (Å²) in [6, 6.07) is 3.95. The summed E-state index contributed by atoms with van der Waals surface area (Å²) in [6.07, 6.45) is 1.67. The number of hydrogen-bond acceptors (Lipinski definition) is 5. The Kier molecular flexibility index (Phi) is 2.82. The first-order chi connectivity index (χ1) is 7.25. The Morgan fingerprint density at radius 1 is 1.47 bits per heavy atom. The summed E-state index contributed by atoms with van der Waals surface area (Å²) < 4.78 is 0. The van der Waals surface area contributed by atoms with Gasteiger partial charge in [0.1, 0.15) is 5.82 Å². The number of rotatable bonds is 3. The van der Waals surface area contributed by atoms with Gasteiger partial charge in [-0.25, -0.2) is 4.98 Å². The van der Waals surface area contributed by atoms with Crippen LogP contribution in [-0.4, -0.2) is 17.0 Å². The van der Waals surface area contributed by atoms with Crippen LogP contribution in [0.1, 0.15) is 5.56 Å². The number of hydrogen-bond donors (Lipinski definition) is 1. The molecule has 2 rings (SSSR count). The summed E-state index contributed by atoms with van der Waals surface area (Å²) in [6.45, 7) is 0.833. The lowest BCUT2D eigenvalue weighted by atomic mass is 10.3. The number of anilines is 2. The molecule has 0 aliphatic carbocycles. The fourth-order valence-corrected chi connectivity index (χ4v) is 1.97. The third-order valence-corrected chi connectivity index (χ3v) is 2.78. The van der Waals surface area contributed by atoms with Gasteiger partial charge < -0.3 is 10.6 Å². The molecule has 0 amide bonds. The summed E-state index contributed by atoms with van der Waals surface area (Å²) >= 11 is 1.70. The minimum Gasteiger partial charge on any atom is -0.368 e. The molecule has 0 unspecified atom stereocenters. The minimum atomic E-state index is 0.310. The molecule has 78 valence electrons. The lowest BCUT2D eigenvalue weighted by molar-refractivity contribution is 0.897. The van der Waals surface area contributed by atoms with E-state index >= 15 is 0 Å². The lowest BCUT2D eigenvalue weighted by Crippen LogP contribution is -2.17. The topological polar surface area (TPSA) is 55.0 Å². The molecule has 2 heterocycles. The predicted molar refractivity (Wildman–Crippen MR) is 62.9 cm³/mol. The van der Waals surface area contributed by atoms with Gasteiger partial charge in [-0.05, 0) is 28.5 Å². The van der Waals surface area contributed by atoms with E-state index in [9.17, 15) is 0 Å². The van der Waals surface area contributed by atoms with Crippen molar-refractivity contribution in [3.63, 3.8) is 0 Å². The van der Waals surface area contributed by atoms with Crippen molar-refractivity contribution < 1.29 is 0 Å². The second kappa shape index (κ2) is 4.27. The zero-order valence-electron chi connectivity index (χ0n) is 8.42. The van der Waals surface area contributed by atoms with Gasteiger partial charge in [0.15, 0.2) is 0 Å². The maximum atomic E-state index is 5.52. The van der Waals surface area contributed by atoms with Gasteiger partial charge >= 0.3 is 0 Å². The van der Waals surface area contributed by atoms with Crippen LogP contribution in [0.4, 0.5) is 11.8 Å². The molecule has 0 saturated carbocycles. The van der Waals surface area contributed by atoms with Crippen molar-refractivity contribution in [3.8, 4) is 0 Å². The highest BCUT2D eigenvalue weighted by Crippen LogP contribution is 2.14. The SMILES string of the molecule is CN(Cc1ccsc1)c1ccnc(N)n1. The molecule has 2 aromatic rings. The van der Waals surface area contributed by atoms with Gasteiger partial charge in [-0.2, -0.15) is 16.3 Å². The van der Waals surface area contributed by atoms with E-state index in [4.69, 9.17) is 5.73 Å². The van der Waals surface area contributed by atoms with Crippen molar-refractivity contribution >= 4 is 23.1 Å². The van der Waals surface area contributed by atoms with Crippen LogP contribution in [0.3, 0.4) is 0 Å².